The van der Waals surface area contributed by atoms with E-state index in [1.165, 1.54) is 11.3 Å². The number of para-hydroxylation sites is 1. The average Bonchev–Trinajstić information content (AvgIpc) is 2.70. The van der Waals surface area contributed by atoms with Gasteiger partial charge in [0.1, 0.15) is 0 Å². The smallest absolute Gasteiger partial charge is 0.207 e. The van der Waals surface area contributed by atoms with E-state index in [0.717, 1.165) is 19.6 Å². The SMILES string of the molecule is CN(C)CCN(C)CC1C=[NH+]c2ccccc21. The van der Waals surface area contributed by atoms with Crippen molar-refractivity contribution in [3.05, 3.63) is 29.8 Å². The molecule has 1 aliphatic heterocycles. The minimum absolute atomic E-state index is 0.512. The van der Waals surface area contributed by atoms with Crippen molar-refractivity contribution < 1.29 is 4.99 Å². The Morgan fingerprint density at radius 3 is 2.65 bits per heavy atom. The summed E-state index contributed by atoms with van der Waals surface area (Å²) < 4.78 is 0. The molecule has 2 rings (SSSR count). The second-order valence-corrected chi connectivity index (χ2v) is 5.07. The zero-order valence-electron chi connectivity index (χ0n) is 11.0. The van der Waals surface area contributed by atoms with Gasteiger partial charge in [-0.2, -0.15) is 0 Å². The topological polar surface area (TPSA) is 20.5 Å². The van der Waals surface area contributed by atoms with Gasteiger partial charge in [-0.25, -0.2) is 4.99 Å². The first-order chi connectivity index (χ1) is 8.16. The molecule has 0 saturated heterocycles. The molecule has 3 heteroatoms. The van der Waals surface area contributed by atoms with E-state index in [9.17, 15) is 0 Å². The number of hydrogen-bond acceptors (Lipinski definition) is 2. The van der Waals surface area contributed by atoms with Crippen molar-refractivity contribution in [1.82, 2.24) is 9.80 Å². The Kier molecular flexibility index (Phi) is 3.92. The lowest BCUT2D eigenvalue weighted by atomic mass is 10.0. The molecule has 1 aromatic rings. The molecule has 1 N–H and O–H groups in total. The first-order valence-corrected chi connectivity index (χ1v) is 6.19. The Hall–Kier alpha value is -1.19. The summed E-state index contributed by atoms with van der Waals surface area (Å²) in [7, 11) is 6.43. The second kappa shape index (κ2) is 5.43. The Balaban J connectivity index is 1.91. The van der Waals surface area contributed by atoms with Crippen molar-refractivity contribution in [2.24, 2.45) is 0 Å². The molecular formula is C14H22N3+. The Morgan fingerprint density at radius 1 is 1.12 bits per heavy atom. The van der Waals surface area contributed by atoms with Crippen molar-refractivity contribution in [3.8, 4) is 0 Å². The van der Waals surface area contributed by atoms with Crippen molar-refractivity contribution >= 4 is 11.9 Å². The summed E-state index contributed by atoms with van der Waals surface area (Å²) in [5.41, 5.74) is 2.68. The van der Waals surface area contributed by atoms with Gasteiger partial charge in [-0.05, 0) is 21.1 Å². The van der Waals surface area contributed by atoms with Crippen molar-refractivity contribution in [3.63, 3.8) is 0 Å². The van der Waals surface area contributed by atoms with E-state index >= 15 is 0 Å². The molecule has 0 aromatic heterocycles. The van der Waals surface area contributed by atoms with Crippen LogP contribution in [0.4, 0.5) is 5.69 Å². The molecule has 1 aromatic carbocycles. The molecular weight excluding hydrogens is 210 g/mol. The predicted octanol–water partition coefficient (Wildman–Crippen LogP) is 0.0601. The maximum Gasteiger partial charge on any atom is 0.207 e. The maximum absolute atomic E-state index is 3.36. The summed E-state index contributed by atoms with van der Waals surface area (Å²) >= 11 is 0. The molecule has 0 fully saturated rings. The minimum Gasteiger partial charge on any atom is -0.308 e. The summed E-state index contributed by atoms with van der Waals surface area (Å²) in [4.78, 5) is 7.98. The van der Waals surface area contributed by atoms with Crippen molar-refractivity contribution in [2.75, 3.05) is 40.8 Å². The normalized spacial score (nSPS) is 18.1. The molecule has 0 spiro atoms. The third-order valence-electron chi connectivity index (χ3n) is 3.24. The van der Waals surface area contributed by atoms with E-state index < -0.39 is 0 Å². The lowest BCUT2D eigenvalue weighted by Gasteiger charge is -2.20. The molecule has 17 heavy (non-hydrogen) atoms. The van der Waals surface area contributed by atoms with Gasteiger partial charge in [-0.15, -0.1) is 0 Å². The number of benzene rings is 1. The quantitative estimate of drug-likeness (QED) is 0.775. The lowest BCUT2D eigenvalue weighted by molar-refractivity contribution is -0.344. The van der Waals surface area contributed by atoms with Crippen LogP contribution in [0, 0.1) is 0 Å². The monoisotopic (exact) mass is 232 g/mol. The molecule has 0 saturated carbocycles. The van der Waals surface area contributed by atoms with E-state index in [1.54, 1.807) is 0 Å². The molecule has 1 atom stereocenters. The molecule has 0 radical (unpaired) electrons. The Labute approximate surface area is 104 Å². The van der Waals surface area contributed by atoms with Crippen LogP contribution in [0.2, 0.25) is 0 Å². The van der Waals surface area contributed by atoms with Gasteiger partial charge in [0, 0.05) is 31.3 Å². The van der Waals surface area contributed by atoms with E-state index in [2.05, 4.69) is 66.4 Å². The molecule has 3 nitrogen and oxygen atoms in total. The number of likely N-dealkylation sites (N-methyl/N-ethyl adjacent to an activating group) is 2. The fourth-order valence-corrected chi connectivity index (χ4v) is 2.18. The molecule has 1 unspecified atom stereocenters. The highest BCUT2D eigenvalue weighted by atomic mass is 15.1. The van der Waals surface area contributed by atoms with E-state index in [1.807, 2.05) is 0 Å². The highest BCUT2D eigenvalue weighted by Gasteiger charge is 2.24. The average molecular weight is 232 g/mol. The molecule has 1 heterocycles. The van der Waals surface area contributed by atoms with Crippen LogP contribution in [-0.2, 0) is 0 Å². The highest BCUT2D eigenvalue weighted by molar-refractivity contribution is 5.71. The van der Waals surface area contributed by atoms with Crippen LogP contribution in [0.15, 0.2) is 24.3 Å². The number of rotatable bonds is 5. The summed E-state index contributed by atoms with van der Waals surface area (Å²) in [6.45, 7) is 3.30. The fourth-order valence-electron chi connectivity index (χ4n) is 2.18. The zero-order valence-corrected chi connectivity index (χ0v) is 11.0. The van der Waals surface area contributed by atoms with E-state index in [0.29, 0.717) is 5.92 Å². The van der Waals surface area contributed by atoms with Crippen LogP contribution in [0.5, 0.6) is 0 Å². The number of fused-ring (bicyclic) bond motifs is 1. The molecule has 0 bridgehead atoms. The van der Waals surface area contributed by atoms with Crippen LogP contribution < -0.4 is 4.99 Å². The molecule has 1 aliphatic rings. The van der Waals surface area contributed by atoms with Gasteiger partial charge in [0.25, 0.3) is 0 Å². The molecule has 0 aliphatic carbocycles. The van der Waals surface area contributed by atoms with Gasteiger partial charge >= 0.3 is 0 Å². The summed E-state index contributed by atoms with van der Waals surface area (Å²) in [6, 6.07) is 8.56. The first-order valence-electron chi connectivity index (χ1n) is 6.19. The molecule has 0 amide bonds. The van der Waals surface area contributed by atoms with Crippen LogP contribution in [0.25, 0.3) is 0 Å². The largest absolute Gasteiger partial charge is 0.308 e. The van der Waals surface area contributed by atoms with Crippen LogP contribution in [0.1, 0.15) is 11.5 Å². The maximum atomic E-state index is 3.36. The number of nitrogens with zero attached hydrogens (tertiary/aromatic N) is 2. The summed E-state index contributed by atoms with van der Waals surface area (Å²) in [5.74, 6) is 0.512. The van der Waals surface area contributed by atoms with Gasteiger partial charge in [-0.3, -0.25) is 0 Å². The third-order valence-corrected chi connectivity index (χ3v) is 3.24. The number of hydrogen-bond donors (Lipinski definition) is 1. The van der Waals surface area contributed by atoms with Gasteiger partial charge in [0.05, 0.1) is 5.92 Å². The third kappa shape index (κ3) is 3.14. The standard InChI is InChI=1S/C14H21N3/c1-16(2)8-9-17(3)11-12-10-15-14-7-5-4-6-13(12)14/h4-7,10,12H,8-9,11H2,1-3H3/p+1. The van der Waals surface area contributed by atoms with Crippen LogP contribution >= 0.6 is 0 Å². The summed E-state index contributed by atoms with van der Waals surface area (Å²) in [5, 5.41) is 0. The van der Waals surface area contributed by atoms with Crippen LogP contribution in [0.3, 0.4) is 0 Å². The van der Waals surface area contributed by atoms with Crippen molar-refractivity contribution in [2.45, 2.75) is 5.92 Å². The van der Waals surface area contributed by atoms with E-state index in [-0.39, 0.29) is 0 Å². The van der Waals surface area contributed by atoms with Gasteiger partial charge in [-0.1, -0.05) is 18.2 Å². The predicted molar refractivity (Wildman–Crippen MR) is 71.9 cm³/mol. The van der Waals surface area contributed by atoms with Gasteiger partial charge in [0.2, 0.25) is 5.69 Å². The zero-order chi connectivity index (χ0) is 12.3. The van der Waals surface area contributed by atoms with Gasteiger partial charge in [0.15, 0.2) is 6.21 Å². The van der Waals surface area contributed by atoms with Gasteiger partial charge < -0.3 is 9.80 Å². The second-order valence-electron chi connectivity index (χ2n) is 5.07. The summed E-state index contributed by atoms with van der Waals surface area (Å²) in [6.07, 6.45) is 2.21. The molecule has 92 valence electrons. The fraction of sp³-hybridized carbons (Fsp3) is 0.500. The van der Waals surface area contributed by atoms with Crippen LogP contribution in [-0.4, -0.2) is 56.8 Å². The minimum atomic E-state index is 0.512. The lowest BCUT2D eigenvalue weighted by Crippen LogP contribution is -2.59. The first kappa shape index (κ1) is 12.3. The Bertz CT molecular complexity index is 398. The van der Waals surface area contributed by atoms with Crippen molar-refractivity contribution in [1.29, 1.82) is 0 Å². The highest BCUT2D eigenvalue weighted by Crippen LogP contribution is 2.22. The number of nitrogens with one attached hydrogen (secondary N) is 1. The van der Waals surface area contributed by atoms with E-state index in [4.69, 9.17) is 0 Å². The Morgan fingerprint density at radius 2 is 1.88 bits per heavy atom.